The average molecular weight is 891 g/mol. The lowest BCUT2D eigenvalue weighted by Gasteiger charge is -2.43. The molecule has 350 valence electrons. The molecule has 0 bridgehead atoms. The smallest absolute Gasteiger partial charge is 0.462 e. The topological polar surface area (TPSA) is 256 Å². The van der Waals surface area contributed by atoms with Gasteiger partial charge in [-0.2, -0.15) is 0 Å². The first-order valence-corrected chi connectivity index (χ1v) is 25.6. The maximum atomic E-state index is 12.9. The Labute approximate surface area is 353 Å². The summed E-state index contributed by atoms with van der Waals surface area (Å²) in [4.78, 5) is 54.1. The van der Waals surface area contributed by atoms with Crippen molar-refractivity contribution in [1.29, 1.82) is 0 Å². The SMILES string of the molecule is CCCCCCCCCCCCCCCC(=O)OC[C@@H](COP(=O)(O)O[C@H]1[C@@H](O)[C@@H](OP(=O)(O)O)[C@H](O)[C@H](O)[C@H]1O)OC(=O)CCCCCCCCCCCCCCC. The van der Waals surface area contributed by atoms with Crippen molar-refractivity contribution in [3.05, 3.63) is 0 Å². The summed E-state index contributed by atoms with van der Waals surface area (Å²) in [6.07, 6.45) is 15.0. The zero-order valence-corrected chi connectivity index (χ0v) is 37.7. The summed E-state index contributed by atoms with van der Waals surface area (Å²) >= 11 is 0. The summed E-state index contributed by atoms with van der Waals surface area (Å²) in [5.74, 6) is -1.19. The third-order valence-corrected chi connectivity index (χ3v) is 12.2. The van der Waals surface area contributed by atoms with Crippen LogP contribution in [0.5, 0.6) is 0 Å². The first-order chi connectivity index (χ1) is 28.1. The van der Waals surface area contributed by atoms with Crippen molar-refractivity contribution in [1.82, 2.24) is 0 Å². The maximum absolute atomic E-state index is 12.9. The summed E-state index contributed by atoms with van der Waals surface area (Å²) in [6.45, 7) is 3.11. The monoisotopic (exact) mass is 890 g/mol. The fraction of sp³-hybridized carbons (Fsp3) is 0.951. The molecule has 1 saturated carbocycles. The van der Waals surface area contributed by atoms with E-state index in [1.807, 2.05) is 0 Å². The predicted molar refractivity (Wildman–Crippen MR) is 223 cm³/mol. The molecular formula is C41H80O16P2. The second kappa shape index (κ2) is 33.5. The summed E-state index contributed by atoms with van der Waals surface area (Å²) in [7, 11) is -10.6. The van der Waals surface area contributed by atoms with E-state index in [2.05, 4.69) is 18.4 Å². The molecule has 0 spiro atoms. The molecule has 7 N–H and O–H groups in total. The highest BCUT2D eigenvalue weighted by Gasteiger charge is 2.54. The van der Waals surface area contributed by atoms with Crippen molar-refractivity contribution < 1.29 is 76.9 Å². The van der Waals surface area contributed by atoms with Crippen LogP contribution in [0.25, 0.3) is 0 Å². The van der Waals surface area contributed by atoms with Gasteiger partial charge in [0.2, 0.25) is 0 Å². The fourth-order valence-corrected chi connectivity index (χ4v) is 8.68. The van der Waals surface area contributed by atoms with Gasteiger partial charge in [-0.25, -0.2) is 9.13 Å². The molecule has 0 aromatic rings. The van der Waals surface area contributed by atoms with Crippen LogP contribution >= 0.6 is 15.6 Å². The van der Waals surface area contributed by atoms with Gasteiger partial charge < -0.3 is 44.6 Å². The third kappa shape index (κ3) is 28.3. The number of ether oxygens (including phenoxy) is 2. The van der Waals surface area contributed by atoms with Crippen molar-refractivity contribution in [3.8, 4) is 0 Å². The number of hydrogen-bond acceptors (Lipinski definition) is 13. The Morgan fingerprint density at radius 3 is 1.22 bits per heavy atom. The van der Waals surface area contributed by atoms with E-state index < -0.39 is 83.5 Å². The number of carbonyl (C=O) groups excluding carboxylic acids is 2. The minimum atomic E-state index is -5.35. The number of aliphatic hydroxyl groups excluding tert-OH is 4. The van der Waals surface area contributed by atoms with Crippen LogP contribution in [-0.2, 0) is 41.8 Å². The van der Waals surface area contributed by atoms with E-state index >= 15 is 0 Å². The molecular weight excluding hydrogens is 810 g/mol. The van der Waals surface area contributed by atoms with Gasteiger partial charge >= 0.3 is 27.6 Å². The Morgan fingerprint density at radius 2 is 0.831 bits per heavy atom. The molecule has 59 heavy (non-hydrogen) atoms. The van der Waals surface area contributed by atoms with Gasteiger partial charge in [0.05, 0.1) is 6.61 Å². The highest BCUT2D eigenvalue weighted by atomic mass is 31.2. The Balaban J connectivity index is 2.61. The van der Waals surface area contributed by atoms with Crippen LogP contribution in [-0.4, -0.2) is 103 Å². The standard InChI is InChI=1S/C41H80O16P2/c1-3-5-7-9-11-13-15-17-19-21-23-25-27-29-34(42)53-31-33(55-35(43)30-28-26-24-22-20-18-16-14-12-10-8-6-4-2)32-54-59(51,52)57-41-38(46)36(44)37(45)40(39(41)47)56-58(48,49)50/h33,36-41,44-47H,3-32H2,1-2H3,(H,51,52)(H2,48,49,50)/t33-,36-,37+,38+,39-,40-,41+/m0/s1. The quantitative estimate of drug-likeness (QED) is 0.0177. The van der Waals surface area contributed by atoms with Crippen LogP contribution in [0.2, 0.25) is 0 Å². The lowest BCUT2D eigenvalue weighted by atomic mass is 9.85. The molecule has 0 aromatic carbocycles. The number of rotatable bonds is 38. The first kappa shape index (κ1) is 56.0. The van der Waals surface area contributed by atoms with Crippen molar-refractivity contribution in [3.63, 3.8) is 0 Å². The second-order valence-corrected chi connectivity index (χ2v) is 18.7. The minimum Gasteiger partial charge on any atom is -0.462 e. The van der Waals surface area contributed by atoms with Crippen LogP contribution in [0, 0.1) is 0 Å². The molecule has 0 radical (unpaired) electrons. The van der Waals surface area contributed by atoms with E-state index in [1.165, 1.54) is 103 Å². The van der Waals surface area contributed by atoms with E-state index in [4.69, 9.17) is 28.3 Å². The van der Waals surface area contributed by atoms with E-state index in [-0.39, 0.29) is 12.8 Å². The number of phosphoric acid groups is 2. The van der Waals surface area contributed by atoms with Crippen LogP contribution in [0.15, 0.2) is 0 Å². The highest BCUT2D eigenvalue weighted by Crippen LogP contribution is 2.49. The molecule has 1 rings (SSSR count). The molecule has 1 fully saturated rings. The molecule has 0 saturated heterocycles. The molecule has 8 atom stereocenters. The number of hydrogen-bond donors (Lipinski definition) is 7. The highest BCUT2D eigenvalue weighted by molar-refractivity contribution is 7.47. The van der Waals surface area contributed by atoms with Gasteiger partial charge in [-0.05, 0) is 12.8 Å². The summed E-state index contributed by atoms with van der Waals surface area (Å²) in [5.41, 5.74) is 0. The summed E-state index contributed by atoms with van der Waals surface area (Å²) < 4.78 is 49.3. The first-order valence-electron chi connectivity index (χ1n) is 22.6. The summed E-state index contributed by atoms with van der Waals surface area (Å²) in [5, 5.41) is 41.1. The van der Waals surface area contributed by atoms with Gasteiger partial charge in [0, 0.05) is 12.8 Å². The van der Waals surface area contributed by atoms with Crippen molar-refractivity contribution in [2.75, 3.05) is 13.2 Å². The predicted octanol–water partition coefficient (Wildman–Crippen LogP) is 7.84. The zero-order chi connectivity index (χ0) is 43.9. The van der Waals surface area contributed by atoms with Crippen molar-refractivity contribution in [2.45, 2.75) is 236 Å². The molecule has 18 heteroatoms. The Bertz CT molecular complexity index is 1170. The van der Waals surface area contributed by atoms with Gasteiger partial charge in [-0.3, -0.25) is 23.2 Å². The number of phosphoric ester groups is 2. The molecule has 0 aliphatic heterocycles. The molecule has 1 aliphatic carbocycles. The minimum absolute atomic E-state index is 0.0517. The van der Waals surface area contributed by atoms with Gasteiger partial charge in [0.15, 0.2) is 6.10 Å². The Kier molecular flexibility index (Phi) is 31.8. The normalized spacial score (nSPS) is 22.5. The average Bonchev–Trinajstić information content (AvgIpc) is 3.18. The number of unbranched alkanes of at least 4 members (excludes halogenated alkanes) is 24. The summed E-state index contributed by atoms with van der Waals surface area (Å²) in [6, 6.07) is 0. The van der Waals surface area contributed by atoms with E-state index in [9.17, 15) is 44.0 Å². The van der Waals surface area contributed by atoms with Gasteiger partial charge in [0.1, 0.15) is 43.2 Å². The Hall–Kier alpha value is -1.00. The molecule has 0 aromatic heterocycles. The third-order valence-electron chi connectivity index (χ3n) is 10.7. The van der Waals surface area contributed by atoms with Crippen LogP contribution < -0.4 is 0 Å². The lowest BCUT2D eigenvalue weighted by molar-refractivity contribution is -0.216. The fourth-order valence-electron chi connectivity index (χ4n) is 7.14. The van der Waals surface area contributed by atoms with Crippen molar-refractivity contribution >= 4 is 27.6 Å². The molecule has 0 heterocycles. The van der Waals surface area contributed by atoms with Gasteiger partial charge in [-0.15, -0.1) is 0 Å². The molecule has 0 amide bonds. The Morgan fingerprint density at radius 1 is 0.475 bits per heavy atom. The van der Waals surface area contributed by atoms with Gasteiger partial charge in [-0.1, -0.05) is 168 Å². The van der Waals surface area contributed by atoms with Crippen molar-refractivity contribution in [2.24, 2.45) is 0 Å². The molecule has 1 unspecified atom stereocenters. The zero-order valence-electron chi connectivity index (χ0n) is 36.0. The van der Waals surface area contributed by atoms with Crippen LogP contribution in [0.3, 0.4) is 0 Å². The van der Waals surface area contributed by atoms with E-state index in [0.29, 0.717) is 12.8 Å². The van der Waals surface area contributed by atoms with Crippen LogP contribution in [0.4, 0.5) is 0 Å². The maximum Gasteiger partial charge on any atom is 0.472 e. The molecule has 1 aliphatic rings. The largest absolute Gasteiger partial charge is 0.472 e. The lowest BCUT2D eigenvalue weighted by Crippen LogP contribution is -2.64. The van der Waals surface area contributed by atoms with Crippen LogP contribution in [0.1, 0.15) is 194 Å². The molecule has 16 nitrogen and oxygen atoms in total. The number of esters is 2. The van der Waals surface area contributed by atoms with E-state index in [0.717, 1.165) is 51.4 Å². The number of aliphatic hydroxyl groups is 4. The number of carbonyl (C=O) groups is 2. The van der Waals surface area contributed by atoms with Gasteiger partial charge in [0.25, 0.3) is 0 Å². The van der Waals surface area contributed by atoms with E-state index in [1.54, 1.807) is 0 Å². The second-order valence-electron chi connectivity index (χ2n) is 16.1.